The van der Waals surface area contributed by atoms with Crippen molar-refractivity contribution in [3.8, 4) is 0 Å². The number of pyridine rings is 2. The quantitative estimate of drug-likeness (QED) is 0.868. The molecule has 2 heterocycles. The SMILES string of the molecule is Cc1ccc(CNc2cc(C(F)(F)F)cc(Cl)n2)cn1. The zero-order valence-corrected chi connectivity index (χ0v) is 11.3. The summed E-state index contributed by atoms with van der Waals surface area (Å²) in [6.45, 7) is 2.17. The predicted octanol–water partition coefficient (Wildman–Crippen LogP) is 4.07. The Bertz CT molecular complexity index is 597. The molecule has 0 fully saturated rings. The molecular formula is C13H11ClF3N3. The molecule has 0 saturated carbocycles. The van der Waals surface area contributed by atoms with Gasteiger partial charge < -0.3 is 5.32 Å². The number of hydrogen-bond acceptors (Lipinski definition) is 3. The van der Waals surface area contributed by atoms with Gasteiger partial charge in [-0.15, -0.1) is 0 Å². The summed E-state index contributed by atoms with van der Waals surface area (Å²) < 4.78 is 37.9. The van der Waals surface area contributed by atoms with Gasteiger partial charge in [0.1, 0.15) is 11.0 Å². The molecule has 0 aromatic carbocycles. The Kier molecular flexibility index (Phi) is 4.13. The van der Waals surface area contributed by atoms with Gasteiger partial charge in [0.15, 0.2) is 0 Å². The summed E-state index contributed by atoms with van der Waals surface area (Å²) in [4.78, 5) is 7.91. The highest BCUT2D eigenvalue weighted by Gasteiger charge is 2.31. The summed E-state index contributed by atoms with van der Waals surface area (Å²) >= 11 is 5.60. The van der Waals surface area contributed by atoms with Gasteiger partial charge in [0, 0.05) is 18.4 Å². The molecule has 3 nitrogen and oxygen atoms in total. The van der Waals surface area contributed by atoms with Gasteiger partial charge in [-0.25, -0.2) is 4.98 Å². The Balaban J connectivity index is 2.13. The van der Waals surface area contributed by atoms with E-state index in [0.717, 1.165) is 23.4 Å². The third-order valence-corrected chi connectivity index (χ3v) is 2.76. The fourth-order valence-corrected chi connectivity index (χ4v) is 1.76. The standard InChI is InChI=1S/C13H11ClF3N3/c1-8-2-3-9(6-18-8)7-19-12-5-10(13(15,16)17)4-11(14)20-12/h2-6H,7H2,1H3,(H,19,20). The smallest absolute Gasteiger partial charge is 0.366 e. The van der Waals surface area contributed by atoms with E-state index in [9.17, 15) is 13.2 Å². The van der Waals surface area contributed by atoms with Crippen molar-refractivity contribution in [2.75, 3.05) is 5.32 Å². The topological polar surface area (TPSA) is 37.8 Å². The summed E-state index contributed by atoms with van der Waals surface area (Å²) in [5.74, 6) is 0.0744. The average Bonchev–Trinajstić information content (AvgIpc) is 2.36. The Morgan fingerprint density at radius 1 is 1.25 bits per heavy atom. The largest absolute Gasteiger partial charge is 0.416 e. The first-order valence-electron chi connectivity index (χ1n) is 5.75. The van der Waals surface area contributed by atoms with Crippen LogP contribution in [-0.4, -0.2) is 9.97 Å². The van der Waals surface area contributed by atoms with Crippen LogP contribution in [0.2, 0.25) is 5.15 Å². The Morgan fingerprint density at radius 2 is 2.00 bits per heavy atom. The van der Waals surface area contributed by atoms with Crippen LogP contribution in [0.5, 0.6) is 0 Å². The van der Waals surface area contributed by atoms with Crippen LogP contribution in [0.4, 0.5) is 19.0 Å². The maximum absolute atomic E-state index is 12.6. The van der Waals surface area contributed by atoms with E-state index >= 15 is 0 Å². The minimum atomic E-state index is -4.45. The summed E-state index contributed by atoms with van der Waals surface area (Å²) in [6, 6.07) is 5.38. The van der Waals surface area contributed by atoms with Crippen molar-refractivity contribution >= 4 is 17.4 Å². The van der Waals surface area contributed by atoms with Gasteiger partial charge in [-0.05, 0) is 30.7 Å². The van der Waals surface area contributed by atoms with E-state index in [1.54, 1.807) is 6.20 Å². The first-order chi connectivity index (χ1) is 9.34. The molecule has 20 heavy (non-hydrogen) atoms. The molecule has 0 radical (unpaired) electrons. The van der Waals surface area contributed by atoms with E-state index in [4.69, 9.17) is 11.6 Å². The van der Waals surface area contributed by atoms with E-state index in [0.29, 0.717) is 6.54 Å². The molecule has 0 bridgehead atoms. The zero-order valence-electron chi connectivity index (χ0n) is 10.5. The van der Waals surface area contributed by atoms with Gasteiger partial charge in [-0.3, -0.25) is 4.98 Å². The van der Waals surface area contributed by atoms with E-state index in [1.807, 2.05) is 19.1 Å². The highest BCUT2D eigenvalue weighted by Crippen LogP contribution is 2.31. The molecule has 1 N–H and O–H groups in total. The highest BCUT2D eigenvalue weighted by molar-refractivity contribution is 6.29. The van der Waals surface area contributed by atoms with Crippen LogP contribution in [0, 0.1) is 6.92 Å². The number of nitrogens with zero attached hydrogens (tertiary/aromatic N) is 2. The number of aryl methyl sites for hydroxylation is 1. The summed E-state index contributed by atoms with van der Waals surface area (Å²) in [7, 11) is 0. The molecule has 0 aliphatic rings. The maximum atomic E-state index is 12.6. The molecule has 0 unspecified atom stereocenters. The van der Waals surface area contributed by atoms with Crippen LogP contribution in [0.3, 0.4) is 0 Å². The fourth-order valence-electron chi connectivity index (χ4n) is 1.55. The van der Waals surface area contributed by atoms with E-state index < -0.39 is 11.7 Å². The van der Waals surface area contributed by atoms with Crippen molar-refractivity contribution < 1.29 is 13.2 Å². The fraction of sp³-hybridized carbons (Fsp3) is 0.231. The maximum Gasteiger partial charge on any atom is 0.416 e. The predicted molar refractivity (Wildman–Crippen MR) is 70.5 cm³/mol. The van der Waals surface area contributed by atoms with Crippen molar-refractivity contribution in [2.45, 2.75) is 19.6 Å². The lowest BCUT2D eigenvalue weighted by atomic mass is 10.2. The molecule has 0 saturated heterocycles. The van der Waals surface area contributed by atoms with Crippen LogP contribution >= 0.6 is 11.6 Å². The molecule has 0 aliphatic heterocycles. The molecule has 0 spiro atoms. The van der Waals surface area contributed by atoms with Gasteiger partial charge in [0.25, 0.3) is 0 Å². The van der Waals surface area contributed by atoms with Crippen molar-refractivity contribution in [3.63, 3.8) is 0 Å². The van der Waals surface area contributed by atoms with Crippen LogP contribution in [-0.2, 0) is 12.7 Å². The van der Waals surface area contributed by atoms with Crippen LogP contribution in [0.25, 0.3) is 0 Å². The minimum Gasteiger partial charge on any atom is -0.366 e. The van der Waals surface area contributed by atoms with E-state index in [1.165, 1.54) is 0 Å². The van der Waals surface area contributed by atoms with Crippen LogP contribution in [0.1, 0.15) is 16.8 Å². The summed E-state index contributed by atoms with van der Waals surface area (Å²) in [5, 5.41) is 2.59. The van der Waals surface area contributed by atoms with E-state index in [2.05, 4.69) is 15.3 Å². The van der Waals surface area contributed by atoms with Gasteiger partial charge in [-0.1, -0.05) is 17.7 Å². The Hall–Kier alpha value is -1.82. The van der Waals surface area contributed by atoms with Crippen molar-refractivity contribution in [3.05, 3.63) is 52.4 Å². The number of halogens is 4. The molecule has 2 aromatic rings. The van der Waals surface area contributed by atoms with Gasteiger partial charge in [0.05, 0.1) is 5.56 Å². The van der Waals surface area contributed by atoms with Gasteiger partial charge >= 0.3 is 6.18 Å². The molecule has 7 heteroatoms. The second-order valence-corrected chi connectivity index (χ2v) is 4.61. The molecule has 0 aliphatic carbocycles. The van der Waals surface area contributed by atoms with Crippen molar-refractivity contribution in [1.82, 2.24) is 9.97 Å². The lowest BCUT2D eigenvalue weighted by molar-refractivity contribution is -0.137. The third kappa shape index (κ3) is 3.84. The van der Waals surface area contributed by atoms with Crippen LogP contribution < -0.4 is 5.32 Å². The first-order valence-corrected chi connectivity index (χ1v) is 6.12. The van der Waals surface area contributed by atoms with Gasteiger partial charge in [-0.2, -0.15) is 13.2 Å². The molecule has 0 atom stereocenters. The number of hydrogen-bond donors (Lipinski definition) is 1. The monoisotopic (exact) mass is 301 g/mol. The van der Waals surface area contributed by atoms with Crippen molar-refractivity contribution in [1.29, 1.82) is 0 Å². The normalized spacial score (nSPS) is 11.4. The van der Waals surface area contributed by atoms with Crippen LogP contribution in [0.15, 0.2) is 30.5 Å². The lowest BCUT2D eigenvalue weighted by Crippen LogP contribution is -2.08. The minimum absolute atomic E-state index is 0.0744. The molecule has 2 aromatic heterocycles. The number of nitrogens with one attached hydrogen (secondary N) is 1. The lowest BCUT2D eigenvalue weighted by Gasteiger charge is -2.10. The number of aromatic nitrogens is 2. The van der Waals surface area contributed by atoms with Gasteiger partial charge in [0.2, 0.25) is 0 Å². The Morgan fingerprint density at radius 3 is 2.60 bits per heavy atom. The van der Waals surface area contributed by atoms with Crippen molar-refractivity contribution in [2.24, 2.45) is 0 Å². The zero-order chi connectivity index (χ0) is 14.8. The number of alkyl halides is 3. The first kappa shape index (κ1) is 14.6. The summed E-state index contributed by atoms with van der Waals surface area (Å²) in [5.41, 5.74) is 0.877. The average molecular weight is 302 g/mol. The number of rotatable bonds is 3. The molecular weight excluding hydrogens is 291 g/mol. The number of anilines is 1. The second kappa shape index (κ2) is 5.66. The summed E-state index contributed by atoms with van der Waals surface area (Å²) in [6.07, 6.45) is -2.80. The van der Waals surface area contributed by atoms with E-state index in [-0.39, 0.29) is 11.0 Å². The molecule has 106 valence electrons. The molecule has 2 rings (SSSR count). The Labute approximate surface area is 118 Å². The second-order valence-electron chi connectivity index (χ2n) is 4.22. The third-order valence-electron chi connectivity index (χ3n) is 2.57. The molecule has 0 amide bonds. The highest BCUT2D eigenvalue weighted by atomic mass is 35.5.